The fourth-order valence-electron chi connectivity index (χ4n) is 1.86. The molecule has 0 unspecified atom stereocenters. The van der Waals surface area contributed by atoms with Crippen molar-refractivity contribution in [2.75, 3.05) is 6.61 Å². The second-order valence-corrected chi connectivity index (χ2v) is 4.77. The SMILES string of the molecule is O=C(O)c1nc2c(s1)CCOc1ccccc1-2. The predicted molar refractivity (Wildman–Crippen MR) is 63.7 cm³/mol. The van der Waals surface area contributed by atoms with E-state index in [9.17, 15) is 4.79 Å². The number of carboxylic acids is 1. The summed E-state index contributed by atoms with van der Waals surface area (Å²) in [7, 11) is 0. The Balaban J connectivity index is 2.21. The van der Waals surface area contributed by atoms with E-state index in [-0.39, 0.29) is 5.01 Å². The van der Waals surface area contributed by atoms with Crippen LogP contribution in [-0.2, 0) is 6.42 Å². The van der Waals surface area contributed by atoms with Crippen LogP contribution >= 0.6 is 11.3 Å². The Morgan fingerprint density at radius 2 is 2.24 bits per heavy atom. The van der Waals surface area contributed by atoms with Gasteiger partial charge in [-0.15, -0.1) is 11.3 Å². The molecular weight excluding hydrogens is 238 g/mol. The summed E-state index contributed by atoms with van der Waals surface area (Å²) in [4.78, 5) is 16.1. The maximum atomic E-state index is 10.9. The number of ether oxygens (including phenoxy) is 1. The molecule has 2 aromatic rings. The van der Waals surface area contributed by atoms with Gasteiger partial charge < -0.3 is 9.84 Å². The van der Waals surface area contributed by atoms with Crippen LogP contribution in [0.4, 0.5) is 0 Å². The Labute approximate surface area is 102 Å². The normalized spacial score (nSPS) is 13.2. The highest BCUT2D eigenvalue weighted by Crippen LogP contribution is 2.37. The predicted octanol–water partition coefficient (Wildman–Crippen LogP) is 2.44. The van der Waals surface area contributed by atoms with Crippen LogP contribution in [0.15, 0.2) is 24.3 Å². The molecule has 5 heteroatoms. The Morgan fingerprint density at radius 1 is 1.41 bits per heavy atom. The molecule has 0 fully saturated rings. The fourth-order valence-corrected chi connectivity index (χ4v) is 2.76. The quantitative estimate of drug-likeness (QED) is 0.840. The molecule has 17 heavy (non-hydrogen) atoms. The molecule has 1 aromatic carbocycles. The summed E-state index contributed by atoms with van der Waals surface area (Å²) in [6.07, 6.45) is 0.703. The smallest absolute Gasteiger partial charge is 0.365 e. The van der Waals surface area contributed by atoms with E-state index in [0.29, 0.717) is 13.0 Å². The maximum Gasteiger partial charge on any atom is 0.365 e. The molecule has 1 aromatic heterocycles. The van der Waals surface area contributed by atoms with Crippen molar-refractivity contribution in [1.29, 1.82) is 0 Å². The number of aromatic nitrogens is 1. The molecule has 0 saturated carbocycles. The molecule has 0 saturated heterocycles. The number of thiazole rings is 1. The van der Waals surface area contributed by atoms with Crippen LogP contribution in [0.2, 0.25) is 0 Å². The van der Waals surface area contributed by atoms with Crippen LogP contribution < -0.4 is 4.74 Å². The van der Waals surface area contributed by atoms with Crippen molar-refractivity contribution in [2.24, 2.45) is 0 Å². The molecule has 4 nitrogen and oxygen atoms in total. The molecule has 0 aliphatic carbocycles. The van der Waals surface area contributed by atoms with E-state index in [2.05, 4.69) is 4.98 Å². The van der Waals surface area contributed by atoms with Crippen LogP contribution in [0.1, 0.15) is 14.7 Å². The van der Waals surface area contributed by atoms with Crippen molar-refractivity contribution in [3.05, 3.63) is 34.2 Å². The van der Waals surface area contributed by atoms with Gasteiger partial charge in [-0.3, -0.25) is 0 Å². The van der Waals surface area contributed by atoms with Gasteiger partial charge in [-0.25, -0.2) is 9.78 Å². The van der Waals surface area contributed by atoms with E-state index < -0.39 is 5.97 Å². The molecule has 0 atom stereocenters. The minimum absolute atomic E-state index is 0.145. The lowest BCUT2D eigenvalue weighted by atomic mass is 10.1. The summed E-state index contributed by atoms with van der Waals surface area (Å²) in [5.41, 5.74) is 1.63. The summed E-state index contributed by atoms with van der Waals surface area (Å²) >= 11 is 1.23. The molecule has 1 aliphatic heterocycles. The summed E-state index contributed by atoms with van der Waals surface area (Å²) in [6, 6.07) is 7.58. The van der Waals surface area contributed by atoms with Crippen LogP contribution in [-0.4, -0.2) is 22.7 Å². The van der Waals surface area contributed by atoms with Crippen molar-refractivity contribution in [2.45, 2.75) is 6.42 Å². The molecule has 0 radical (unpaired) electrons. The van der Waals surface area contributed by atoms with Crippen molar-refractivity contribution < 1.29 is 14.6 Å². The van der Waals surface area contributed by atoms with Gasteiger partial charge in [0.15, 0.2) is 0 Å². The van der Waals surface area contributed by atoms with Crippen LogP contribution in [0.3, 0.4) is 0 Å². The van der Waals surface area contributed by atoms with Gasteiger partial charge in [0.25, 0.3) is 0 Å². The van der Waals surface area contributed by atoms with Gasteiger partial charge in [-0.2, -0.15) is 0 Å². The molecule has 0 amide bonds. The van der Waals surface area contributed by atoms with Gasteiger partial charge >= 0.3 is 5.97 Å². The van der Waals surface area contributed by atoms with E-state index in [4.69, 9.17) is 9.84 Å². The number of hydrogen-bond donors (Lipinski definition) is 1. The minimum atomic E-state index is -0.971. The van der Waals surface area contributed by atoms with E-state index in [1.807, 2.05) is 24.3 Å². The molecular formula is C12H9NO3S. The molecule has 1 aliphatic rings. The van der Waals surface area contributed by atoms with Gasteiger partial charge in [0.05, 0.1) is 12.3 Å². The Kier molecular flexibility index (Phi) is 2.33. The highest BCUT2D eigenvalue weighted by Gasteiger charge is 2.21. The lowest BCUT2D eigenvalue weighted by Gasteiger charge is -2.05. The van der Waals surface area contributed by atoms with E-state index >= 15 is 0 Å². The Hall–Kier alpha value is -1.88. The molecule has 0 bridgehead atoms. The van der Waals surface area contributed by atoms with E-state index in [0.717, 1.165) is 21.9 Å². The number of carbonyl (C=O) groups is 1. The average molecular weight is 247 g/mol. The van der Waals surface area contributed by atoms with Gasteiger partial charge in [0.2, 0.25) is 5.01 Å². The number of aromatic carboxylic acids is 1. The summed E-state index contributed by atoms with van der Waals surface area (Å²) < 4.78 is 5.61. The van der Waals surface area contributed by atoms with Gasteiger partial charge in [-0.1, -0.05) is 12.1 Å². The Morgan fingerprint density at radius 3 is 3.06 bits per heavy atom. The first-order valence-electron chi connectivity index (χ1n) is 5.21. The van der Waals surface area contributed by atoms with Crippen LogP contribution in [0, 0.1) is 0 Å². The number of fused-ring (bicyclic) bond motifs is 3. The number of hydrogen-bond acceptors (Lipinski definition) is 4. The van der Waals surface area contributed by atoms with E-state index in [1.54, 1.807) is 0 Å². The van der Waals surface area contributed by atoms with Crippen LogP contribution in [0.5, 0.6) is 5.75 Å². The third-order valence-corrected chi connectivity index (χ3v) is 3.71. The first-order chi connectivity index (χ1) is 8.25. The van der Waals surface area contributed by atoms with Crippen molar-refractivity contribution in [3.63, 3.8) is 0 Å². The fraction of sp³-hybridized carbons (Fsp3) is 0.167. The Bertz CT molecular complexity index is 591. The highest BCUT2D eigenvalue weighted by molar-refractivity contribution is 7.14. The maximum absolute atomic E-state index is 10.9. The monoisotopic (exact) mass is 247 g/mol. The van der Waals surface area contributed by atoms with E-state index in [1.165, 1.54) is 11.3 Å². The molecule has 86 valence electrons. The third kappa shape index (κ3) is 1.68. The largest absolute Gasteiger partial charge is 0.493 e. The van der Waals surface area contributed by atoms with Gasteiger partial charge in [0, 0.05) is 16.9 Å². The third-order valence-electron chi connectivity index (χ3n) is 2.61. The number of para-hydroxylation sites is 1. The first-order valence-corrected chi connectivity index (χ1v) is 6.02. The molecule has 0 spiro atoms. The van der Waals surface area contributed by atoms with Gasteiger partial charge in [0.1, 0.15) is 5.75 Å². The van der Waals surface area contributed by atoms with Gasteiger partial charge in [-0.05, 0) is 12.1 Å². The van der Waals surface area contributed by atoms with Crippen molar-refractivity contribution >= 4 is 17.3 Å². The summed E-state index contributed by atoms with van der Waals surface area (Å²) in [5, 5.41) is 9.11. The lowest BCUT2D eigenvalue weighted by molar-refractivity contribution is 0.0696. The summed E-state index contributed by atoms with van der Waals surface area (Å²) in [6.45, 7) is 0.561. The first kappa shape index (κ1) is 10.3. The zero-order valence-electron chi connectivity index (χ0n) is 8.84. The highest BCUT2D eigenvalue weighted by atomic mass is 32.1. The second kappa shape index (κ2) is 3.85. The minimum Gasteiger partial charge on any atom is -0.493 e. The zero-order valence-corrected chi connectivity index (χ0v) is 9.66. The summed E-state index contributed by atoms with van der Waals surface area (Å²) in [5.74, 6) is -0.199. The molecule has 1 N–H and O–H groups in total. The topological polar surface area (TPSA) is 59.4 Å². The number of rotatable bonds is 1. The second-order valence-electron chi connectivity index (χ2n) is 3.69. The molecule has 3 rings (SSSR count). The van der Waals surface area contributed by atoms with Crippen molar-refractivity contribution in [3.8, 4) is 17.0 Å². The van der Waals surface area contributed by atoms with Crippen molar-refractivity contribution in [1.82, 2.24) is 4.98 Å². The molecule has 2 heterocycles. The number of nitrogens with zero attached hydrogens (tertiary/aromatic N) is 1. The average Bonchev–Trinajstić information content (AvgIpc) is 2.67. The van der Waals surface area contributed by atoms with Crippen LogP contribution in [0.25, 0.3) is 11.3 Å². The lowest BCUT2D eigenvalue weighted by Crippen LogP contribution is -1.98. The number of carboxylic acid groups (broad SMARTS) is 1. The standard InChI is InChI=1S/C12H9NO3S/c14-12(15)11-13-10-7-3-1-2-4-8(7)16-6-5-9(10)17-11/h1-4H,5-6H2,(H,14,15). The zero-order chi connectivity index (χ0) is 11.8. The number of benzene rings is 1.